The maximum Gasteiger partial charge on any atom is 0.273 e. The Kier molecular flexibility index (Phi) is 5.31. The van der Waals surface area contributed by atoms with Gasteiger partial charge >= 0.3 is 0 Å². The van der Waals surface area contributed by atoms with Crippen LogP contribution in [-0.2, 0) is 5.75 Å². The van der Waals surface area contributed by atoms with Crippen LogP contribution < -0.4 is 5.32 Å². The predicted molar refractivity (Wildman–Crippen MR) is 103 cm³/mol. The number of aromatic nitrogens is 1. The van der Waals surface area contributed by atoms with E-state index in [0.29, 0.717) is 17.7 Å². The minimum absolute atomic E-state index is 0.108. The summed E-state index contributed by atoms with van der Waals surface area (Å²) >= 11 is 1.88. The molecule has 2 aromatic rings. The molecule has 1 aromatic carbocycles. The number of piperidine rings is 1. The van der Waals surface area contributed by atoms with Crippen molar-refractivity contribution in [3.8, 4) is 0 Å². The number of amides is 1. The predicted octanol–water partition coefficient (Wildman–Crippen LogP) is 3.98. The molecule has 0 bridgehead atoms. The SMILES string of the molecule is CC1CC(NC(=O)c2cc(C3CC3)on2)CCN1SCc1ccccc1. The van der Waals surface area contributed by atoms with Crippen LogP contribution in [0.3, 0.4) is 0 Å². The second-order valence-electron chi connectivity index (χ2n) is 7.33. The zero-order valence-corrected chi connectivity index (χ0v) is 15.9. The van der Waals surface area contributed by atoms with Gasteiger partial charge in [-0.05, 0) is 38.2 Å². The molecule has 2 atom stereocenters. The third kappa shape index (κ3) is 4.30. The summed E-state index contributed by atoms with van der Waals surface area (Å²) in [6, 6.07) is 13.0. The van der Waals surface area contributed by atoms with Gasteiger partial charge < -0.3 is 9.84 Å². The summed E-state index contributed by atoms with van der Waals surface area (Å²) in [5, 5.41) is 7.07. The largest absolute Gasteiger partial charge is 0.360 e. The molecule has 1 N–H and O–H groups in total. The summed E-state index contributed by atoms with van der Waals surface area (Å²) < 4.78 is 7.73. The molecular weight excluding hydrogens is 346 g/mol. The highest BCUT2D eigenvalue weighted by Crippen LogP contribution is 2.40. The van der Waals surface area contributed by atoms with Crippen LogP contribution in [0.25, 0.3) is 0 Å². The molecule has 0 spiro atoms. The van der Waals surface area contributed by atoms with E-state index >= 15 is 0 Å². The highest BCUT2D eigenvalue weighted by Gasteiger charge is 2.30. The molecule has 0 radical (unpaired) electrons. The Bertz CT molecular complexity index is 745. The van der Waals surface area contributed by atoms with Gasteiger partial charge in [0.1, 0.15) is 5.76 Å². The summed E-state index contributed by atoms with van der Waals surface area (Å²) in [5.74, 6) is 2.22. The normalized spacial score (nSPS) is 23.7. The quantitative estimate of drug-likeness (QED) is 0.778. The lowest BCUT2D eigenvalue weighted by Gasteiger charge is -2.36. The standard InChI is InChI=1S/C20H25N3O2S/c1-14-11-17(9-10-23(14)26-13-15-5-3-2-4-6-15)21-20(24)18-12-19(25-22-18)16-7-8-16/h2-6,12,14,16-17H,7-11,13H2,1H3,(H,21,24). The molecule has 138 valence electrons. The first kappa shape index (κ1) is 17.6. The van der Waals surface area contributed by atoms with Crippen molar-refractivity contribution < 1.29 is 9.32 Å². The molecule has 1 saturated carbocycles. The van der Waals surface area contributed by atoms with Crippen LogP contribution in [0.1, 0.15) is 60.3 Å². The molecule has 26 heavy (non-hydrogen) atoms. The lowest BCUT2D eigenvalue weighted by Crippen LogP contribution is -2.46. The van der Waals surface area contributed by atoms with Gasteiger partial charge in [-0.15, -0.1) is 0 Å². The lowest BCUT2D eigenvalue weighted by atomic mass is 10.0. The molecular formula is C20H25N3O2S. The molecule has 1 aliphatic carbocycles. The van der Waals surface area contributed by atoms with E-state index in [1.807, 2.05) is 18.0 Å². The Morgan fingerprint density at radius 2 is 2.12 bits per heavy atom. The summed E-state index contributed by atoms with van der Waals surface area (Å²) in [6.45, 7) is 3.22. The summed E-state index contributed by atoms with van der Waals surface area (Å²) in [5.41, 5.74) is 1.76. The van der Waals surface area contributed by atoms with Gasteiger partial charge in [-0.3, -0.25) is 4.79 Å². The van der Waals surface area contributed by atoms with E-state index < -0.39 is 0 Å². The molecule has 2 unspecified atom stereocenters. The van der Waals surface area contributed by atoms with Gasteiger partial charge in [-0.25, -0.2) is 4.31 Å². The van der Waals surface area contributed by atoms with Gasteiger partial charge in [0.2, 0.25) is 0 Å². The van der Waals surface area contributed by atoms with Crippen molar-refractivity contribution in [3.05, 3.63) is 53.4 Å². The molecule has 1 aromatic heterocycles. The number of carbonyl (C=O) groups is 1. The number of benzene rings is 1. The van der Waals surface area contributed by atoms with E-state index in [2.05, 4.69) is 46.0 Å². The monoisotopic (exact) mass is 371 g/mol. The van der Waals surface area contributed by atoms with E-state index in [-0.39, 0.29) is 11.9 Å². The molecule has 1 aliphatic heterocycles. The third-order valence-electron chi connectivity index (χ3n) is 5.13. The van der Waals surface area contributed by atoms with E-state index in [1.165, 1.54) is 5.56 Å². The Hall–Kier alpha value is -1.79. The average molecular weight is 372 g/mol. The topological polar surface area (TPSA) is 58.4 Å². The van der Waals surface area contributed by atoms with Gasteiger partial charge in [0.25, 0.3) is 5.91 Å². The number of nitrogens with one attached hydrogen (secondary N) is 1. The molecule has 1 amide bonds. The average Bonchev–Trinajstić information content (AvgIpc) is 3.38. The molecule has 2 aliphatic rings. The van der Waals surface area contributed by atoms with Crippen molar-refractivity contribution >= 4 is 17.9 Å². The van der Waals surface area contributed by atoms with E-state index in [9.17, 15) is 4.79 Å². The molecule has 6 heteroatoms. The first-order chi connectivity index (χ1) is 12.7. The van der Waals surface area contributed by atoms with E-state index in [1.54, 1.807) is 6.07 Å². The number of nitrogens with zero attached hydrogens (tertiary/aromatic N) is 2. The maximum absolute atomic E-state index is 12.4. The zero-order valence-electron chi connectivity index (χ0n) is 15.1. The van der Waals surface area contributed by atoms with Crippen molar-refractivity contribution in [2.45, 2.75) is 56.4 Å². The number of hydrogen-bond acceptors (Lipinski definition) is 5. The van der Waals surface area contributed by atoms with E-state index in [4.69, 9.17) is 4.52 Å². The molecule has 2 fully saturated rings. The molecule has 1 saturated heterocycles. The van der Waals surface area contributed by atoms with Gasteiger partial charge in [0.15, 0.2) is 5.69 Å². The fourth-order valence-electron chi connectivity index (χ4n) is 3.42. The van der Waals surface area contributed by atoms with Crippen LogP contribution in [0.4, 0.5) is 0 Å². The zero-order chi connectivity index (χ0) is 17.9. The second-order valence-corrected chi connectivity index (χ2v) is 8.35. The van der Waals surface area contributed by atoms with Crippen LogP contribution in [0.15, 0.2) is 40.9 Å². The Balaban J connectivity index is 1.25. The molecule has 2 heterocycles. The van der Waals surface area contributed by atoms with Gasteiger partial charge in [-0.1, -0.05) is 47.4 Å². The second kappa shape index (κ2) is 7.84. The highest BCUT2D eigenvalue weighted by molar-refractivity contribution is 7.96. The smallest absolute Gasteiger partial charge is 0.273 e. The van der Waals surface area contributed by atoms with Crippen molar-refractivity contribution in [2.24, 2.45) is 0 Å². The molecule has 5 nitrogen and oxygen atoms in total. The van der Waals surface area contributed by atoms with Crippen LogP contribution in [0.5, 0.6) is 0 Å². The van der Waals surface area contributed by atoms with Crippen molar-refractivity contribution in [2.75, 3.05) is 6.54 Å². The minimum Gasteiger partial charge on any atom is -0.360 e. The summed E-state index contributed by atoms with van der Waals surface area (Å²) in [4.78, 5) is 12.4. The Morgan fingerprint density at radius 1 is 1.31 bits per heavy atom. The summed E-state index contributed by atoms with van der Waals surface area (Å²) in [6.07, 6.45) is 4.21. The Morgan fingerprint density at radius 3 is 2.85 bits per heavy atom. The van der Waals surface area contributed by atoms with E-state index in [0.717, 1.165) is 43.7 Å². The first-order valence-electron chi connectivity index (χ1n) is 9.40. The summed E-state index contributed by atoms with van der Waals surface area (Å²) in [7, 11) is 0. The number of hydrogen-bond donors (Lipinski definition) is 1. The number of carbonyl (C=O) groups excluding carboxylic acids is 1. The van der Waals surface area contributed by atoms with Crippen LogP contribution >= 0.6 is 11.9 Å². The van der Waals surface area contributed by atoms with Crippen LogP contribution in [0.2, 0.25) is 0 Å². The Labute approximate surface area is 158 Å². The van der Waals surface area contributed by atoms with Crippen molar-refractivity contribution in [1.82, 2.24) is 14.8 Å². The number of rotatable bonds is 6. The van der Waals surface area contributed by atoms with Crippen molar-refractivity contribution in [1.29, 1.82) is 0 Å². The van der Waals surface area contributed by atoms with Gasteiger partial charge in [0.05, 0.1) is 0 Å². The van der Waals surface area contributed by atoms with Gasteiger partial charge in [0, 0.05) is 36.4 Å². The van der Waals surface area contributed by atoms with Crippen LogP contribution in [-0.4, -0.2) is 34.0 Å². The third-order valence-corrected chi connectivity index (χ3v) is 6.47. The minimum atomic E-state index is -0.108. The van der Waals surface area contributed by atoms with Crippen molar-refractivity contribution in [3.63, 3.8) is 0 Å². The lowest BCUT2D eigenvalue weighted by molar-refractivity contribution is 0.0906. The molecule has 4 rings (SSSR count). The highest BCUT2D eigenvalue weighted by atomic mass is 32.2. The van der Waals surface area contributed by atoms with Gasteiger partial charge in [-0.2, -0.15) is 0 Å². The first-order valence-corrected chi connectivity index (χ1v) is 10.3. The fourth-order valence-corrected chi connectivity index (χ4v) is 4.50. The van der Waals surface area contributed by atoms with Crippen LogP contribution in [0, 0.1) is 0 Å². The fraction of sp³-hybridized carbons (Fsp3) is 0.500. The maximum atomic E-state index is 12.4.